The molecule has 3 rings (SSSR count). The maximum absolute atomic E-state index is 13.5. The third kappa shape index (κ3) is 5.49. The predicted octanol–water partition coefficient (Wildman–Crippen LogP) is 4.13. The van der Waals surface area contributed by atoms with Crippen LogP contribution in [0, 0.1) is 5.92 Å². The van der Waals surface area contributed by atoms with Crippen molar-refractivity contribution in [3.05, 3.63) is 57.8 Å². The van der Waals surface area contributed by atoms with Crippen LogP contribution in [0.2, 0.25) is 0 Å². The number of methoxy groups -OCH3 is 1. The Morgan fingerprint density at radius 2 is 2.00 bits per heavy atom. The zero-order valence-corrected chi connectivity index (χ0v) is 19.0. The maximum Gasteiger partial charge on any atom is 0.242 e. The van der Waals surface area contributed by atoms with E-state index in [-0.39, 0.29) is 30.3 Å². The largest absolute Gasteiger partial charge is 0.385 e. The van der Waals surface area contributed by atoms with Gasteiger partial charge in [0.1, 0.15) is 0 Å². The zero-order valence-electron chi connectivity index (χ0n) is 18.2. The number of hydrogen-bond donors (Lipinski definition) is 0. The van der Waals surface area contributed by atoms with E-state index in [1.807, 2.05) is 36.9 Å². The minimum absolute atomic E-state index is 0.00947. The summed E-state index contributed by atoms with van der Waals surface area (Å²) in [6, 6.07) is 12.2. The molecule has 0 aliphatic carbocycles. The molecule has 0 saturated carbocycles. The molecule has 1 aliphatic rings. The number of hydrogen-bond acceptors (Lipinski definition) is 4. The van der Waals surface area contributed by atoms with Gasteiger partial charge in [-0.1, -0.05) is 44.2 Å². The van der Waals surface area contributed by atoms with Gasteiger partial charge in [-0.15, -0.1) is 11.3 Å². The molecule has 6 heteroatoms. The summed E-state index contributed by atoms with van der Waals surface area (Å²) in [5.41, 5.74) is 2.33. The van der Waals surface area contributed by atoms with Crippen molar-refractivity contribution < 1.29 is 14.3 Å². The maximum atomic E-state index is 13.5. The van der Waals surface area contributed by atoms with Gasteiger partial charge in [0.15, 0.2) is 0 Å². The molecule has 0 unspecified atom stereocenters. The number of amides is 2. The Bertz CT molecular complexity index is 834. The van der Waals surface area contributed by atoms with Gasteiger partial charge in [-0.05, 0) is 41.3 Å². The molecule has 0 spiro atoms. The summed E-state index contributed by atoms with van der Waals surface area (Å²) in [6.07, 6.45) is 2.05. The minimum Gasteiger partial charge on any atom is -0.385 e. The molecule has 1 aliphatic heterocycles. The molecule has 2 amide bonds. The van der Waals surface area contributed by atoms with Crippen LogP contribution in [0.3, 0.4) is 0 Å². The van der Waals surface area contributed by atoms with E-state index in [0.717, 1.165) is 18.4 Å². The number of fused-ring (bicyclic) bond motifs is 1. The smallest absolute Gasteiger partial charge is 0.242 e. The van der Waals surface area contributed by atoms with Crippen LogP contribution in [0.4, 0.5) is 0 Å². The molecule has 162 valence electrons. The van der Waals surface area contributed by atoms with Crippen molar-refractivity contribution >= 4 is 23.2 Å². The van der Waals surface area contributed by atoms with Gasteiger partial charge in [-0.25, -0.2) is 0 Å². The number of carbonyl (C=O) groups excluding carboxylic acids is 2. The van der Waals surface area contributed by atoms with E-state index in [1.54, 1.807) is 23.3 Å². The Morgan fingerprint density at radius 3 is 2.70 bits per heavy atom. The van der Waals surface area contributed by atoms with Crippen molar-refractivity contribution in [3.8, 4) is 0 Å². The molecule has 0 radical (unpaired) electrons. The summed E-state index contributed by atoms with van der Waals surface area (Å²) in [6.45, 7) is 5.98. The van der Waals surface area contributed by atoms with Crippen molar-refractivity contribution in [3.63, 3.8) is 0 Å². The normalized spacial score (nSPS) is 15.9. The lowest BCUT2D eigenvalue weighted by atomic mass is 9.93. The first-order chi connectivity index (χ1) is 14.5. The van der Waals surface area contributed by atoms with Crippen LogP contribution in [0.1, 0.15) is 48.7 Å². The third-order valence-corrected chi connectivity index (χ3v) is 6.44. The van der Waals surface area contributed by atoms with Crippen LogP contribution < -0.4 is 0 Å². The number of thiophene rings is 1. The van der Waals surface area contributed by atoms with Crippen LogP contribution in [0.5, 0.6) is 0 Å². The van der Waals surface area contributed by atoms with Crippen molar-refractivity contribution in [2.75, 3.05) is 33.4 Å². The first kappa shape index (κ1) is 22.5. The van der Waals surface area contributed by atoms with E-state index < -0.39 is 0 Å². The molecule has 0 N–H and O–H groups in total. The van der Waals surface area contributed by atoms with Gasteiger partial charge in [0, 0.05) is 38.1 Å². The Balaban J connectivity index is 1.81. The molecule has 0 bridgehead atoms. The van der Waals surface area contributed by atoms with Crippen LogP contribution in [0.25, 0.3) is 0 Å². The molecule has 30 heavy (non-hydrogen) atoms. The molecule has 5 nitrogen and oxygen atoms in total. The van der Waals surface area contributed by atoms with Gasteiger partial charge in [0.2, 0.25) is 11.8 Å². The molecule has 1 aromatic heterocycles. The second-order valence-corrected chi connectivity index (χ2v) is 9.21. The molecule has 0 saturated heterocycles. The van der Waals surface area contributed by atoms with Gasteiger partial charge < -0.3 is 14.5 Å². The van der Waals surface area contributed by atoms with Gasteiger partial charge >= 0.3 is 0 Å². The van der Waals surface area contributed by atoms with Crippen molar-refractivity contribution in [1.82, 2.24) is 9.80 Å². The fraction of sp³-hybridized carbons (Fsp3) is 0.500. The van der Waals surface area contributed by atoms with E-state index in [0.29, 0.717) is 26.1 Å². The highest BCUT2D eigenvalue weighted by Gasteiger charge is 2.33. The van der Waals surface area contributed by atoms with Crippen LogP contribution >= 0.6 is 11.3 Å². The predicted molar refractivity (Wildman–Crippen MR) is 121 cm³/mol. The topological polar surface area (TPSA) is 49.9 Å². The molecule has 0 fully saturated rings. The fourth-order valence-electron chi connectivity index (χ4n) is 4.00. The summed E-state index contributed by atoms with van der Waals surface area (Å²) >= 11 is 1.76. The zero-order chi connectivity index (χ0) is 21.5. The minimum atomic E-state index is -0.0882. The van der Waals surface area contributed by atoms with Crippen LogP contribution in [-0.4, -0.2) is 55.0 Å². The first-order valence-electron chi connectivity index (χ1n) is 10.7. The van der Waals surface area contributed by atoms with Gasteiger partial charge in [0.25, 0.3) is 0 Å². The summed E-state index contributed by atoms with van der Waals surface area (Å²) in [7, 11) is 1.65. The number of benzene rings is 1. The summed E-state index contributed by atoms with van der Waals surface area (Å²) < 4.78 is 5.15. The molecule has 1 atom stereocenters. The SMILES string of the molecule is COCCCN(CC(=O)N1CCc2sccc2[C@H]1c1ccccc1)C(=O)CC(C)C. The van der Waals surface area contributed by atoms with E-state index >= 15 is 0 Å². The summed E-state index contributed by atoms with van der Waals surface area (Å²) in [5, 5.41) is 2.11. The fourth-order valence-corrected chi connectivity index (χ4v) is 4.91. The second kappa shape index (κ2) is 10.7. The molecule has 2 heterocycles. The van der Waals surface area contributed by atoms with Gasteiger partial charge in [-0.3, -0.25) is 9.59 Å². The number of ether oxygens (including phenoxy) is 1. The monoisotopic (exact) mass is 428 g/mol. The number of rotatable bonds is 9. The second-order valence-electron chi connectivity index (χ2n) is 8.21. The molecular weight excluding hydrogens is 396 g/mol. The van der Waals surface area contributed by atoms with Crippen LogP contribution in [0.15, 0.2) is 41.8 Å². The quantitative estimate of drug-likeness (QED) is 0.564. The summed E-state index contributed by atoms with van der Waals surface area (Å²) in [4.78, 5) is 31.3. The third-order valence-electron chi connectivity index (χ3n) is 5.44. The van der Waals surface area contributed by atoms with Crippen molar-refractivity contribution in [1.29, 1.82) is 0 Å². The Kier molecular flexibility index (Phi) is 8.05. The molecular formula is C24H32N2O3S. The summed E-state index contributed by atoms with van der Waals surface area (Å²) in [5.74, 6) is 0.312. The Morgan fingerprint density at radius 1 is 1.23 bits per heavy atom. The first-order valence-corrected chi connectivity index (χ1v) is 11.6. The molecule has 2 aromatic rings. The number of nitrogens with zero attached hydrogens (tertiary/aromatic N) is 2. The number of carbonyl (C=O) groups is 2. The lowest BCUT2D eigenvalue weighted by molar-refractivity contribution is -0.142. The van der Waals surface area contributed by atoms with Gasteiger partial charge in [0.05, 0.1) is 12.6 Å². The van der Waals surface area contributed by atoms with E-state index in [4.69, 9.17) is 4.74 Å². The average molecular weight is 429 g/mol. The standard InChI is InChI=1S/C24H32N2O3S/c1-18(2)16-22(27)25(12-7-14-29-3)17-23(28)26-13-10-21-20(11-15-30-21)24(26)19-8-5-4-6-9-19/h4-6,8-9,11,15,18,24H,7,10,12-14,16-17H2,1-3H3/t24-/m1/s1. The highest BCUT2D eigenvalue weighted by atomic mass is 32.1. The highest BCUT2D eigenvalue weighted by Crippen LogP contribution is 2.37. The molecule has 1 aromatic carbocycles. The van der Waals surface area contributed by atoms with Gasteiger partial charge in [-0.2, -0.15) is 0 Å². The van der Waals surface area contributed by atoms with E-state index in [9.17, 15) is 9.59 Å². The van der Waals surface area contributed by atoms with Crippen molar-refractivity contribution in [2.24, 2.45) is 5.92 Å². The lowest BCUT2D eigenvalue weighted by Gasteiger charge is -2.37. The van der Waals surface area contributed by atoms with Crippen LogP contribution in [-0.2, 0) is 20.7 Å². The van der Waals surface area contributed by atoms with Crippen molar-refractivity contribution in [2.45, 2.75) is 39.2 Å². The Hall–Kier alpha value is -2.18. The Labute approximate surface area is 183 Å². The van der Waals surface area contributed by atoms with E-state index in [2.05, 4.69) is 23.6 Å². The van der Waals surface area contributed by atoms with E-state index in [1.165, 1.54) is 10.4 Å². The lowest BCUT2D eigenvalue weighted by Crippen LogP contribution is -2.47. The average Bonchev–Trinajstić information content (AvgIpc) is 3.21. The highest BCUT2D eigenvalue weighted by molar-refractivity contribution is 7.10.